The molecule has 1 N–H and O–H groups in total. The zero-order chi connectivity index (χ0) is 22.3. The van der Waals surface area contributed by atoms with Crippen molar-refractivity contribution in [3.05, 3.63) is 42.5 Å². The standard InChI is InChI=1S/C21H28N2O5S2/c1-6-23(7-2)30(25,26)18-11-8-16(9-12-18)22-21(24)15(3)29-17-10-13-19(27-4)20(14-17)28-5/h8-15H,6-7H2,1-5H3,(H,22,24). The second-order valence-electron chi connectivity index (χ2n) is 6.38. The Kier molecular flexibility index (Phi) is 8.57. The van der Waals surface area contributed by atoms with Crippen LogP contribution in [0.2, 0.25) is 0 Å². The molecule has 164 valence electrons. The first-order chi connectivity index (χ1) is 14.3. The summed E-state index contributed by atoms with van der Waals surface area (Å²) in [7, 11) is -0.391. The van der Waals surface area contributed by atoms with Gasteiger partial charge in [0.15, 0.2) is 11.5 Å². The van der Waals surface area contributed by atoms with Gasteiger partial charge in [-0.15, -0.1) is 11.8 Å². The predicted octanol–water partition coefficient (Wildman–Crippen LogP) is 3.85. The van der Waals surface area contributed by atoms with Gasteiger partial charge in [-0.1, -0.05) is 13.8 Å². The maximum absolute atomic E-state index is 12.6. The van der Waals surface area contributed by atoms with Crippen molar-refractivity contribution in [3.8, 4) is 11.5 Å². The molecule has 0 aliphatic carbocycles. The van der Waals surface area contributed by atoms with Crippen molar-refractivity contribution in [2.75, 3.05) is 32.6 Å². The van der Waals surface area contributed by atoms with Gasteiger partial charge in [0, 0.05) is 23.7 Å². The van der Waals surface area contributed by atoms with Crippen LogP contribution in [0, 0.1) is 0 Å². The number of benzene rings is 2. The molecular weight excluding hydrogens is 424 g/mol. The highest BCUT2D eigenvalue weighted by molar-refractivity contribution is 8.00. The van der Waals surface area contributed by atoms with Crippen LogP contribution in [0.25, 0.3) is 0 Å². The first kappa shape index (κ1) is 24.0. The molecule has 2 rings (SSSR count). The molecule has 1 unspecified atom stereocenters. The average molecular weight is 453 g/mol. The monoisotopic (exact) mass is 452 g/mol. The lowest BCUT2D eigenvalue weighted by molar-refractivity contribution is -0.115. The van der Waals surface area contributed by atoms with E-state index >= 15 is 0 Å². The SMILES string of the molecule is CCN(CC)S(=O)(=O)c1ccc(NC(=O)C(C)Sc2ccc(OC)c(OC)c2)cc1. The fourth-order valence-electron chi connectivity index (χ4n) is 2.81. The van der Waals surface area contributed by atoms with Crippen LogP contribution in [0.15, 0.2) is 52.3 Å². The van der Waals surface area contributed by atoms with E-state index < -0.39 is 10.0 Å². The molecule has 1 amide bonds. The van der Waals surface area contributed by atoms with E-state index in [-0.39, 0.29) is 16.1 Å². The molecule has 7 nitrogen and oxygen atoms in total. The highest BCUT2D eigenvalue weighted by Gasteiger charge is 2.22. The van der Waals surface area contributed by atoms with E-state index in [0.717, 1.165) is 4.90 Å². The Morgan fingerprint density at radius 1 is 1.03 bits per heavy atom. The summed E-state index contributed by atoms with van der Waals surface area (Å²) in [4.78, 5) is 13.6. The number of ether oxygens (including phenoxy) is 2. The van der Waals surface area contributed by atoms with Crippen LogP contribution in [-0.2, 0) is 14.8 Å². The number of rotatable bonds is 10. The molecule has 30 heavy (non-hydrogen) atoms. The van der Waals surface area contributed by atoms with Gasteiger partial charge in [-0.3, -0.25) is 4.79 Å². The normalized spacial score (nSPS) is 12.5. The van der Waals surface area contributed by atoms with Gasteiger partial charge in [-0.2, -0.15) is 4.31 Å². The third kappa shape index (κ3) is 5.68. The molecule has 0 saturated carbocycles. The highest BCUT2D eigenvalue weighted by Crippen LogP contribution is 2.33. The van der Waals surface area contributed by atoms with Crippen LogP contribution in [0.5, 0.6) is 11.5 Å². The van der Waals surface area contributed by atoms with Gasteiger partial charge < -0.3 is 14.8 Å². The number of hydrogen-bond donors (Lipinski definition) is 1. The summed E-state index contributed by atoms with van der Waals surface area (Å²) >= 11 is 1.39. The second-order valence-corrected chi connectivity index (χ2v) is 9.73. The largest absolute Gasteiger partial charge is 0.493 e. The minimum absolute atomic E-state index is 0.186. The molecular formula is C21H28N2O5S2. The van der Waals surface area contributed by atoms with E-state index in [1.165, 1.54) is 28.2 Å². The minimum Gasteiger partial charge on any atom is -0.493 e. The van der Waals surface area contributed by atoms with E-state index in [1.807, 2.05) is 12.1 Å². The molecule has 2 aromatic rings. The van der Waals surface area contributed by atoms with Crippen LogP contribution < -0.4 is 14.8 Å². The molecule has 2 aromatic carbocycles. The Balaban J connectivity index is 2.05. The lowest BCUT2D eigenvalue weighted by atomic mass is 10.3. The minimum atomic E-state index is -3.52. The fourth-order valence-corrected chi connectivity index (χ4v) is 5.17. The van der Waals surface area contributed by atoms with Crippen LogP contribution in [0.4, 0.5) is 5.69 Å². The van der Waals surface area contributed by atoms with Crippen LogP contribution in [-0.4, -0.2) is 51.2 Å². The van der Waals surface area contributed by atoms with E-state index in [1.54, 1.807) is 53.2 Å². The van der Waals surface area contributed by atoms with Crippen LogP contribution >= 0.6 is 11.8 Å². The Hall–Kier alpha value is -2.23. The lowest BCUT2D eigenvalue weighted by Gasteiger charge is -2.18. The maximum Gasteiger partial charge on any atom is 0.243 e. The van der Waals surface area contributed by atoms with Crippen molar-refractivity contribution in [1.82, 2.24) is 4.31 Å². The van der Waals surface area contributed by atoms with Gasteiger partial charge in [-0.05, 0) is 49.4 Å². The van der Waals surface area contributed by atoms with Crippen molar-refractivity contribution < 1.29 is 22.7 Å². The average Bonchev–Trinajstić information content (AvgIpc) is 2.74. The quantitative estimate of drug-likeness (QED) is 0.551. The molecule has 0 aromatic heterocycles. The third-order valence-corrected chi connectivity index (χ3v) is 7.66. The van der Waals surface area contributed by atoms with Gasteiger partial charge >= 0.3 is 0 Å². The van der Waals surface area contributed by atoms with E-state index in [9.17, 15) is 13.2 Å². The zero-order valence-electron chi connectivity index (χ0n) is 17.8. The summed E-state index contributed by atoms with van der Waals surface area (Å²) in [6.07, 6.45) is 0. The number of methoxy groups -OCH3 is 2. The second kappa shape index (κ2) is 10.7. The van der Waals surface area contributed by atoms with Crippen LogP contribution in [0.1, 0.15) is 20.8 Å². The molecule has 0 saturated heterocycles. The van der Waals surface area contributed by atoms with Crippen molar-refractivity contribution in [1.29, 1.82) is 0 Å². The summed E-state index contributed by atoms with van der Waals surface area (Å²) in [6, 6.07) is 11.7. The number of carbonyl (C=O) groups excluding carboxylic acids is 1. The number of amides is 1. The van der Waals surface area contributed by atoms with Crippen molar-refractivity contribution in [2.45, 2.75) is 35.8 Å². The summed E-state index contributed by atoms with van der Waals surface area (Å²) in [5, 5.41) is 2.45. The predicted molar refractivity (Wildman–Crippen MR) is 120 cm³/mol. The maximum atomic E-state index is 12.6. The number of nitrogens with zero attached hydrogens (tertiary/aromatic N) is 1. The van der Waals surface area contributed by atoms with Crippen LogP contribution in [0.3, 0.4) is 0 Å². The zero-order valence-corrected chi connectivity index (χ0v) is 19.5. The molecule has 0 spiro atoms. The first-order valence-corrected chi connectivity index (χ1v) is 11.9. The van der Waals surface area contributed by atoms with Gasteiger partial charge in [0.25, 0.3) is 0 Å². The van der Waals surface area contributed by atoms with Crippen molar-refractivity contribution in [2.24, 2.45) is 0 Å². The molecule has 0 fully saturated rings. The highest BCUT2D eigenvalue weighted by atomic mass is 32.2. The number of carbonyl (C=O) groups is 1. The van der Waals surface area contributed by atoms with Gasteiger partial charge in [0.05, 0.1) is 24.4 Å². The van der Waals surface area contributed by atoms with E-state index in [4.69, 9.17) is 9.47 Å². The molecule has 0 radical (unpaired) electrons. The lowest BCUT2D eigenvalue weighted by Crippen LogP contribution is -2.30. The van der Waals surface area contributed by atoms with E-state index in [0.29, 0.717) is 30.3 Å². The molecule has 0 bridgehead atoms. The Labute approximate surface area is 182 Å². The number of sulfonamides is 1. The third-order valence-electron chi connectivity index (χ3n) is 4.50. The summed E-state index contributed by atoms with van der Waals surface area (Å²) < 4.78 is 37.0. The number of nitrogens with one attached hydrogen (secondary N) is 1. The van der Waals surface area contributed by atoms with Gasteiger partial charge in [0.1, 0.15) is 0 Å². The van der Waals surface area contributed by atoms with E-state index in [2.05, 4.69) is 5.32 Å². The molecule has 9 heteroatoms. The Morgan fingerprint density at radius 2 is 1.63 bits per heavy atom. The van der Waals surface area contributed by atoms with Crippen molar-refractivity contribution >= 4 is 33.4 Å². The Bertz CT molecular complexity index is 958. The smallest absolute Gasteiger partial charge is 0.243 e. The Morgan fingerprint density at radius 3 is 2.17 bits per heavy atom. The van der Waals surface area contributed by atoms with Crippen molar-refractivity contribution in [3.63, 3.8) is 0 Å². The molecule has 1 atom stereocenters. The molecule has 0 aliphatic rings. The summed E-state index contributed by atoms with van der Waals surface area (Å²) in [5.74, 6) is 1.04. The van der Waals surface area contributed by atoms with Gasteiger partial charge in [-0.25, -0.2) is 8.42 Å². The fraction of sp³-hybridized carbons (Fsp3) is 0.381. The summed E-state index contributed by atoms with van der Waals surface area (Å²) in [5.41, 5.74) is 0.540. The van der Waals surface area contributed by atoms with Gasteiger partial charge in [0.2, 0.25) is 15.9 Å². The molecule has 0 heterocycles. The first-order valence-electron chi connectivity index (χ1n) is 9.56. The number of hydrogen-bond acceptors (Lipinski definition) is 6. The topological polar surface area (TPSA) is 84.9 Å². The molecule has 0 aliphatic heterocycles. The number of anilines is 1. The number of thioether (sulfide) groups is 1. The summed E-state index contributed by atoms with van der Waals surface area (Å²) in [6.45, 7) is 6.21.